The normalized spacial score (nSPS) is 10.8. The third kappa shape index (κ3) is 1.55. The van der Waals surface area contributed by atoms with Crippen LogP contribution in [-0.4, -0.2) is 7.11 Å². The molecule has 0 fully saturated rings. The summed E-state index contributed by atoms with van der Waals surface area (Å²) in [6.07, 6.45) is 0. The van der Waals surface area contributed by atoms with Gasteiger partial charge in [0.1, 0.15) is 5.75 Å². The van der Waals surface area contributed by atoms with Crippen molar-refractivity contribution >= 4 is 37.4 Å². The second kappa shape index (κ2) is 3.91. The molecule has 74 valence electrons. The molecule has 0 saturated heterocycles. The van der Waals surface area contributed by atoms with Crippen LogP contribution in [-0.2, 0) is 5.33 Å². The molecule has 0 bridgehead atoms. The summed E-state index contributed by atoms with van der Waals surface area (Å²) >= 11 is 5.21. The van der Waals surface area contributed by atoms with E-state index in [-0.39, 0.29) is 0 Å². The fraction of sp³-hybridized carbons (Fsp3) is 0.273. The number of hydrogen-bond acceptors (Lipinski definition) is 2. The van der Waals surface area contributed by atoms with Crippen LogP contribution in [0.5, 0.6) is 5.75 Å². The number of methoxy groups -OCH3 is 1. The second-order valence-electron chi connectivity index (χ2n) is 3.23. The largest absolute Gasteiger partial charge is 0.495 e. The van der Waals surface area contributed by atoms with Gasteiger partial charge in [-0.2, -0.15) is 0 Å². The summed E-state index contributed by atoms with van der Waals surface area (Å²) in [6, 6.07) is 4.31. The Morgan fingerprint density at radius 3 is 2.86 bits per heavy atom. The first-order valence-electron chi connectivity index (χ1n) is 4.37. The molecule has 0 atom stereocenters. The number of rotatable bonds is 2. The highest BCUT2D eigenvalue weighted by Crippen LogP contribution is 2.35. The molecule has 14 heavy (non-hydrogen) atoms. The molecular weight excluding hydrogens is 260 g/mol. The third-order valence-electron chi connectivity index (χ3n) is 2.27. The number of ether oxygens (including phenoxy) is 1. The lowest BCUT2D eigenvalue weighted by molar-refractivity contribution is 0.420. The molecule has 1 aromatic carbocycles. The van der Waals surface area contributed by atoms with E-state index in [1.807, 2.05) is 0 Å². The molecule has 1 heterocycles. The van der Waals surface area contributed by atoms with Gasteiger partial charge in [-0.3, -0.25) is 0 Å². The summed E-state index contributed by atoms with van der Waals surface area (Å²) in [4.78, 5) is 0. The molecule has 0 radical (unpaired) electrons. The first-order valence-corrected chi connectivity index (χ1v) is 6.37. The zero-order valence-corrected chi connectivity index (χ0v) is 10.5. The van der Waals surface area contributed by atoms with Crippen LogP contribution in [0, 0.1) is 6.92 Å². The van der Waals surface area contributed by atoms with Gasteiger partial charge in [0.2, 0.25) is 0 Å². The fourth-order valence-electron chi connectivity index (χ4n) is 1.51. The van der Waals surface area contributed by atoms with E-state index in [0.717, 1.165) is 11.1 Å². The Balaban J connectivity index is 2.76. The topological polar surface area (TPSA) is 9.23 Å². The van der Waals surface area contributed by atoms with E-state index in [0.29, 0.717) is 0 Å². The van der Waals surface area contributed by atoms with Gasteiger partial charge in [-0.1, -0.05) is 15.9 Å². The van der Waals surface area contributed by atoms with E-state index in [2.05, 4.69) is 40.4 Å². The van der Waals surface area contributed by atoms with Crippen molar-refractivity contribution < 1.29 is 4.74 Å². The van der Waals surface area contributed by atoms with Gasteiger partial charge in [-0.15, -0.1) is 11.3 Å². The van der Waals surface area contributed by atoms with Crippen LogP contribution < -0.4 is 4.74 Å². The number of halogens is 1. The highest BCUT2D eigenvalue weighted by molar-refractivity contribution is 9.08. The van der Waals surface area contributed by atoms with E-state index in [9.17, 15) is 0 Å². The minimum absolute atomic E-state index is 0.870. The van der Waals surface area contributed by atoms with Crippen molar-refractivity contribution in [3.8, 4) is 5.75 Å². The van der Waals surface area contributed by atoms with E-state index < -0.39 is 0 Å². The maximum absolute atomic E-state index is 5.37. The van der Waals surface area contributed by atoms with Crippen LogP contribution in [0.3, 0.4) is 0 Å². The quantitative estimate of drug-likeness (QED) is 0.747. The maximum Gasteiger partial charge on any atom is 0.136 e. The monoisotopic (exact) mass is 270 g/mol. The van der Waals surface area contributed by atoms with Crippen molar-refractivity contribution in [3.63, 3.8) is 0 Å². The number of aryl methyl sites for hydroxylation is 1. The van der Waals surface area contributed by atoms with Crippen LogP contribution in [0.4, 0.5) is 0 Å². The zero-order chi connectivity index (χ0) is 10.1. The van der Waals surface area contributed by atoms with E-state index in [1.165, 1.54) is 21.2 Å². The van der Waals surface area contributed by atoms with Crippen molar-refractivity contribution in [3.05, 3.63) is 28.6 Å². The maximum atomic E-state index is 5.37. The van der Waals surface area contributed by atoms with E-state index >= 15 is 0 Å². The molecule has 0 aliphatic heterocycles. The minimum atomic E-state index is 0.870. The molecule has 0 spiro atoms. The van der Waals surface area contributed by atoms with Gasteiger partial charge in [-0.05, 0) is 40.9 Å². The Morgan fingerprint density at radius 2 is 2.21 bits per heavy atom. The molecule has 2 rings (SSSR count). The van der Waals surface area contributed by atoms with Crippen molar-refractivity contribution in [2.75, 3.05) is 7.11 Å². The summed E-state index contributed by atoms with van der Waals surface area (Å²) in [5.74, 6) is 0.982. The molecule has 0 amide bonds. The number of alkyl halides is 1. The molecule has 1 aromatic heterocycles. The Labute approximate surface area is 95.8 Å². The highest BCUT2D eigenvalue weighted by Gasteiger charge is 2.07. The Hall–Kier alpha value is -0.540. The molecule has 2 aromatic rings. The van der Waals surface area contributed by atoms with Crippen molar-refractivity contribution in [1.82, 2.24) is 0 Å². The molecule has 1 nitrogen and oxygen atoms in total. The van der Waals surface area contributed by atoms with Crippen LogP contribution in [0.25, 0.3) is 10.1 Å². The zero-order valence-electron chi connectivity index (χ0n) is 8.13. The lowest BCUT2D eigenvalue weighted by Crippen LogP contribution is -1.85. The van der Waals surface area contributed by atoms with Gasteiger partial charge in [0.05, 0.1) is 11.8 Å². The molecule has 3 heteroatoms. The first-order chi connectivity index (χ1) is 6.76. The van der Waals surface area contributed by atoms with Crippen LogP contribution in [0.2, 0.25) is 0 Å². The molecular formula is C11H11BrOS. The predicted molar refractivity (Wildman–Crippen MR) is 65.7 cm³/mol. The van der Waals surface area contributed by atoms with Gasteiger partial charge >= 0.3 is 0 Å². The number of thiophene rings is 1. The van der Waals surface area contributed by atoms with Gasteiger partial charge in [0.25, 0.3) is 0 Å². The van der Waals surface area contributed by atoms with Gasteiger partial charge < -0.3 is 4.74 Å². The lowest BCUT2D eigenvalue weighted by Gasteiger charge is -2.04. The Kier molecular flexibility index (Phi) is 2.79. The Morgan fingerprint density at radius 1 is 1.43 bits per heavy atom. The van der Waals surface area contributed by atoms with Crippen molar-refractivity contribution in [2.45, 2.75) is 12.3 Å². The number of fused-ring (bicyclic) bond motifs is 1. The Bertz CT molecular complexity index is 462. The van der Waals surface area contributed by atoms with Gasteiger partial charge in [0.15, 0.2) is 0 Å². The summed E-state index contributed by atoms with van der Waals surface area (Å²) in [5, 5.41) is 4.35. The van der Waals surface area contributed by atoms with Crippen molar-refractivity contribution in [1.29, 1.82) is 0 Å². The third-order valence-corrected chi connectivity index (χ3v) is 4.04. The standard InChI is InChI=1S/C11H11BrOS/c1-7-6-14-11-9(7)3-8(5-12)4-10(11)13-2/h3-4,6H,5H2,1-2H3. The predicted octanol–water partition coefficient (Wildman–Crippen LogP) is 4.11. The highest BCUT2D eigenvalue weighted by atomic mass is 79.9. The van der Waals surface area contributed by atoms with Crippen molar-refractivity contribution in [2.24, 2.45) is 0 Å². The average Bonchev–Trinajstić information content (AvgIpc) is 2.59. The summed E-state index contributed by atoms with van der Waals surface area (Å²) in [6.45, 7) is 2.14. The summed E-state index contributed by atoms with van der Waals surface area (Å²) < 4.78 is 6.62. The number of hydrogen-bond donors (Lipinski definition) is 0. The molecule has 0 aliphatic rings. The lowest BCUT2D eigenvalue weighted by atomic mass is 10.1. The molecule has 0 N–H and O–H groups in total. The van der Waals surface area contributed by atoms with Crippen LogP contribution in [0.1, 0.15) is 11.1 Å². The molecule has 0 unspecified atom stereocenters. The smallest absolute Gasteiger partial charge is 0.136 e. The first kappa shape index (κ1) is 9.99. The summed E-state index contributed by atoms with van der Waals surface area (Å²) in [7, 11) is 1.72. The average molecular weight is 271 g/mol. The van der Waals surface area contributed by atoms with Crippen LogP contribution in [0.15, 0.2) is 17.5 Å². The van der Waals surface area contributed by atoms with Gasteiger partial charge in [0, 0.05) is 5.33 Å². The second-order valence-corrected chi connectivity index (χ2v) is 4.67. The molecule has 0 saturated carbocycles. The SMILES string of the molecule is COc1cc(CBr)cc2c(C)csc12. The molecule has 0 aliphatic carbocycles. The van der Waals surface area contributed by atoms with Gasteiger partial charge in [-0.25, -0.2) is 0 Å². The minimum Gasteiger partial charge on any atom is -0.495 e. The van der Waals surface area contributed by atoms with E-state index in [1.54, 1.807) is 18.4 Å². The number of benzene rings is 1. The fourth-order valence-corrected chi connectivity index (χ4v) is 2.86. The summed E-state index contributed by atoms with van der Waals surface area (Å²) in [5.41, 5.74) is 2.59. The van der Waals surface area contributed by atoms with Crippen LogP contribution >= 0.6 is 27.3 Å². The van der Waals surface area contributed by atoms with E-state index in [4.69, 9.17) is 4.74 Å².